The first kappa shape index (κ1) is 22.9. The second-order valence-corrected chi connectivity index (χ2v) is 7.30. The largest absolute Gasteiger partial charge is 0.506 e. The van der Waals surface area contributed by atoms with Gasteiger partial charge in [-0.2, -0.15) is 0 Å². The molecule has 2 aromatic carbocycles. The smallest absolute Gasteiger partial charge is 0.348 e. The van der Waals surface area contributed by atoms with Crippen molar-refractivity contribution in [3.63, 3.8) is 0 Å². The molecule has 1 N–H and O–H groups in total. The van der Waals surface area contributed by atoms with E-state index in [0.717, 1.165) is 0 Å². The van der Waals surface area contributed by atoms with Crippen molar-refractivity contribution in [1.29, 1.82) is 0 Å². The third-order valence-corrected chi connectivity index (χ3v) is 4.97. The maximum absolute atomic E-state index is 12.8. The molecule has 1 heterocycles. The Morgan fingerprint density at radius 3 is 2.31 bits per heavy atom. The Hall–Kier alpha value is -3.78. The van der Waals surface area contributed by atoms with Crippen molar-refractivity contribution < 1.29 is 33.4 Å². The summed E-state index contributed by atoms with van der Waals surface area (Å²) in [5.41, 5.74) is -0.326. The molecule has 2 unspecified atom stereocenters. The van der Waals surface area contributed by atoms with Gasteiger partial charge >= 0.3 is 11.6 Å². The Kier molecular flexibility index (Phi) is 6.85. The normalized spacial score (nSPS) is 12.8. The lowest BCUT2D eigenvalue weighted by atomic mass is 9.87. The van der Waals surface area contributed by atoms with Crippen LogP contribution in [0.2, 0.25) is 0 Å². The van der Waals surface area contributed by atoms with Crippen molar-refractivity contribution in [1.82, 2.24) is 0 Å². The van der Waals surface area contributed by atoms with Gasteiger partial charge in [0.2, 0.25) is 6.10 Å². The molecular formula is C24H22O8. The van der Waals surface area contributed by atoms with Crippen LogP contribution in [0.25, 0.3) is 11.0 Å². The van der Waals surface area contributed by atoms with Crippen LogP contribution in [0.15, 0.2) is 57.7 Å². The van der Waals surface area contributed by atoms with Gasteiger partial charge in [-0.1, -0.05) is 36.4 Å². The van der Waals surface area contributed by atoms with Gasteiger partial charge in [-0.3, -0.25) is 9.59 Å². The Morgan fingerprint density at radius 2 is 1.72 bits per heavy atom. The zero-order valence-electron chi connectivity index (χ0n) is 17.8. The van der Waals surface area contributed by atoms with E-state index in [1.54, 1.807) is 30.3 Å². The molecule has 0 radical (unpaired) electrons. The number of esters is 1. The van der Waals surface area contributed by atoms with Crippen LogP contribution >= 0.6 is 0 Å². The van der Waals surface area contributed by atoms with E-state index in [9.17, 15) is 24.3 Å². The minimum absolute atomic E-state index is 0.0204. The van der Waals surface area contributed by atoms with Crippen molar-refractivity contribution in [3.05, 3.63) is 70.1 Å². The summed E-state index contributed by atoms with van der Waals surface area (Å²) >= 11 is 0. The molecule has 0 aliphatic carbocycles. The summed E-state index contributed by atoms with van der Waals surface area (Å²) in [5, 5.41) is 11.1. The number of ether oxygens (including phenoxy) is 2. The molecule has 166 valence electrons. The number of benzene rings is 2. The molecule has 0 fully saturated rings. The number of hydrogen-bond donors (Lipinski definition) is 1. The second-order valence-electron chi connectivity index (χ2n) is 7.30. The van der Waals surface area contributed by atoms with E-state index in [2.05, 4.69) is 0 Å². The molecule has 8 heteroatoms. The Bertz CT molecular complexity index is 1230. The van der Waals surface area contributed by atoms with Gasteiger partial charge in [-0.25, -0.2) is 9.59 Å². The summed E-state index contributed by atoms with van der Waals surface area (Å²) in [4.78, 5) is 48.8. The van der Waals surface area contributed by atoms with Crippen molar-refractivity contribution in [2.45, 2.75) is 32.3 Å². The van der Waals surface area contributed by atoms with Gasteiger partial charge in [-0.15, -0.1) is 0 Å². The lowest BCUT2D eigenvalue weighted by Gasteiger charge is -2.18. The van der Waals surface area contributed by atoms with Crippen LogP contribution in [0, 0.1) is 0 Å². The fourth-order valence-electron chi connectivity index (χ4n) is 3.56. The molecular weight excluding hydrogens is 416 g/mol. The van der Waals surface area contributed by atoms with Gasteiger partial charge in [0.25, 0.3) is 0 Å². The monoisotopic (exact) mass is 438 g/mol. The lowest BCUT2D eigenvalue weighted by Crippen LogP contribution is -2.33. The molecule has 1 aromatic heterocycles. The number of hydrogen-bond acceptors (Lipinski definition) is 8. The molecule has 0 saturated carbocycles. The Morgan fingerprint density at radius 1 is 1.03 bits per heavy atom. The number of rotatable bonds is 8. The number of carbonyl (C=O) groups excluding carboxylic acids is 3. The van der Waals surface area contributed by atoms with Crippen molar-refractivity contribution in [2.24, 2.45) is 0 Å². The first-order valence-corrected chi connectivity index (χ1v) is 9.82. The third-order valence-electron chi connectivity index (χ3n) is 4.97. The third kappa shape index (κ3) is 4.60. The number of carbonyl (C=O) groups is 3. The van der Waals surface area contributed by atoms with Crippen LogP contribution in [-0.2, 0) is 19.1 Å². The fraction of sp³-hybridized carbons (Fsp3) is 0.250. The SMILES string of the molecule is COC(C(C)=O)C(=O)Oc1cccc2oc(=O)c(C(CC(C)=O)c3ccccc3)c(O)c12. The summed E-state index contributed by atoms with van der Waals surface area (Å²) in [7, 11) is 1.19. The number of aromatic hydroxyl groups is 1. The van der Waals surface area contributed by atoms with E-state index in [1.807, 2.05) is 0 Å². The minimum Gasteiger partial charge on any atom is -0.506 e. The van der Waals surface area contributed by atoms with E-state index in [4.69, 9.17) is 13.9 Å². The molecule has 8 nitrogen and oxygen atoms in total. The van der Waals surface area contributed by atoms with E-state index < -0.39 is 35.1 Å². The van der Waals surface area contributed by atoms with Gasteiger partial charge < -0.3 is 19.0 Å². The summed E-state index contributed by atoms with van der Waals surface area (Å²) in [6.07, 6.45) is -1.50. The summed E-state index contributed by atoms with van der Waals surface area (Å²) in [5.74, 6) is -3.09. The van der Waals surface area contributed by atoms with Gasteiger partial charge in [0.05, 0.1) is 5.56 Å². The fourth-order valence-corrected chi connectivity index (χ4v) is 3.56. The van der Waals surface area contributed by atoms with Crippen LogP contribution in [-0.4, -0.2) is 35.9 Å². The first-order valence-electron chi connectivity index (χ1n) is 9.82. The van der Waals surface area contributed by atoms with Crippen molar-refractivity contribution >= 4 is 28.5 Å². The average molecular weight is 438 g/mol. The van der Waals surface area contributed by atoms with E-state index >= 15 is 0 Å². The Labute approximate surface area is 183 Å². The molecule has 3 rings (SSSR count). The van der Waals surface area contributed by atoms with E-state index in [-0.39, 0.29) is 34.5 Å². The van der Waals surface area contributed by atoms with Gasteiger partial charge in [0, 0.05) is 19.4 Å². The van der Waals surface area contributed by atoms with Gasteiger partial charge in [0.15, 0.2) is 5.78 Å². The van der Waals surface area contributed by atoms with Crippen molar-refractivity contribution in [3.8, 4) is 11.5 Å². The van der Waals surface area contributed by atoms with E-state index in [0.29, 0.717) is 5.56 Å². The highest BCUT2D eigenvalue weighted by Gasteiger charge is 2.29. The number of methoxy groups -OCH3 is 1. The predicted molar refractivity (Wildman–Crippen MR) is 115 cm³/mol. The summed E-state index contributed by atoms with van der Waals surface area (Å²) < 4.78 is 15.6. The summed E-state index contributed by atoms with van der Waals surface area (Å²) in [6.45, 7) is 2.56. The van der Waals surface area contributed by atoms with Crippen LogP contribution in [0.1, 0.15) is 37.3 Å². The maximum Gasteiger partial charge on any atom is 0.348 e. The molecule has 0 aliphatic heterocycles. The zero-order valence-corrected chi connectivity index (χ0v) is 17.8. The number of ketones is 2. The lowest BCUT2D eigenvalue weighted by molar-refractivity contribution is -0.151. The predicted octanol–water partition coefficient (Wildman–Crippen LogP) is 3.12. The first-order chi connectivity index (χ1) is 15.2. The highest BCUT2D eigenvalue weighted by atomic mass is 16.6. The number of fused-ring (bicyclic) bond motifs is 1. The van der Waals surface area contributed by atoms with Crippen molar-refractivity contribution in [2.75, 3.05) is 7.11 Å². The van der Waals surface area contributed by atoms with E-state index in [1.165, 1.54) is 39.2 Å². The molecule has 0 aliphatic rings. The molecule has 0 spiro atoms. The van der Waals surface area contributed by atoms with Gasteiger partial charge in [-0.05, 0) is 31.5 Å². The molecule has 0 bridgehead atoms. The molecule has 32 heavy (non-hydrogen) atoms. The Balaban J connectivity index is 2.20. The van der Waals surface area contributed by atoms with Crippen LogP contribution < -0.4 is 10.4 Å². The zero-order chi connectivity index (χ0) is 23.4. The quantitative estimate of drug-likeness (QED) is 0.247. The van der Waals surface area contributed by atoms with Gasteiger partial charge in [0.1, 0.15) is 28.3 Å². The molecule has 0 saturated heterocycles. The molecule has 0 amide bonds. The highest BCUT2D eigenvalue weighted by molar-refractivity contribution is 6.02. The second kappa shape index (κ2) is 9.57. The molecule has 3 aromatic rings. The maximum atomic E-state index is 12.8. The summed E-state index contributed by atoms with van der Waals surface area (Å²) in [6, 6.07) is 13.0. The minimum atomic E-state index is -1.45. The van der Waals surface area contributed by atoms with Crippen LogP contribution in [0.4, 0.5) is 0 Å². The number of Topliss-reactive ketones (excluding diaryl/α,β-unsaturated/α-hetero) is 2. The molecule has 2 atom stereocenters. The van der Waals surface area contributed by atoms with Crippen LogP contribution in [0.3, 0.4) is 0 Å². The standard InChI is InChI=1S/C24H22O8/c1-13(25)12-16(15-8-5-4-6-9-15)19-21(27)20-17(31-23(19)28)10-7-11-18(20)32-24(29)22(30-3)14(2)26/h4-11,16,22,27H,12H2,1-3H3. The average Bonchev–Trinajstić information content (AvgIpc) is 2.73. The topological polar surface area (TPSA) is 120 Å². The van der Waals surface area contributed by atoms with Crippen LogP contribution in [0.5, 0.6) is 11.5 Å². The highest BCUT2D eigenvalue weighted by Crippen LogP contribution is 2.40.